The van der Waals surface area contributed by atoms with E-state index in [2.05, 4.69) is 75.6 Å². The molecular weight excluding hydrogens is 632 g/mol. The molecule has 0 heterocycles. The van der Waals surface area contributed by atoms with Gasteiger partial charge in [0.25, 0.3) is 16.0 Å². The smallest absolute Gasteiger partial charge is 0.266 e. The molecule has 4 aromatic rings. The van der Waals surface area contributed by atoms with Crippen molar-refractivity contribution in [3.8, 4) is 11.1 Å². The number of carbonyl (C=O) groups is 2. The molecule has 0 saturated carbocycles. The van der Waals surface area contributed by atoms with Crippen molar-refractivity contribution in [3.05, 3.63) is 129 Å². The predicted octanol–water partition coefficient (Wildman–Crippen LogP) is 8.27. The van der Waals surface area contributed by atoms with Gasteiger partial charge < -0.3 is 10.6 Å². The minimum absolute atomic E-state index is 0.0354. The van der Waals surface area contributed by atoms with Crippen molar-refractivity contribution < 1.29 is 22.6 Å². The molecule has 4 rings (SSSR count). The Hall–Kier alpha value is -4.24. The number of nitrogens with one attached hydrogen (secondary N) is 2. The molecule has 7 nitrogen and oxygen atoms in total. The Bertz CT molecular complexity index is 1880. The van der Waals surface area contributed by atoms with Crippen molar-refractivity contribution in [2.75, 3.05) is 17.6 Å². The summed E-state index contributed by atoms with van der Waals surface area (Å²) in [5, 5.41) is 5.95. The van der Waals surface area contributed by atoms with Crippen LogP contribution in [-0.4, -0.2) is 37.1 Å². The molecule has 0 aliphatic carbocycles. The molecule has 246 valence electrons. The van der Waals surface area contributed by atoms with Crippen molar-refractivity contribution in [3.63, 3.8) is 0 Å². The number of halogens is 1. The first-order valence-electron chi connectivity index (χ1n) is 15.4. The summed E-state index contributed by atoms with van der Waals surface area (Å²) in [6.07, 6.45) is 4.55. The van der Waals surface area contributed by atoms with E-state index in [-0.39, 0.29) is 17.9 Å². The van der Waals surface area contributed by atoms with Gasteiger partial charge in [0.1, 0.15) is 0 Å². The van der Waals surface area contributed by atoms with Crippen molar-refractivity contribution in [2.24, 2.45) is 5.41 Å². The van der Waals surface area contributed by atoms with Gasteiger partial charge in [0.15, 0.2) is 0 Å². The number of carbonyl (C=O) groups excluding carboxylic acids is 2. The number of benzene rings is 4. The highest BCUT2D eigenvalue weighted by molar-refractivity contribution is 7.85. The maximum absolute atomic E-state index is 13.9. The molecule has 0 bridgehead atoms. The van der Waals surface area contributed by atoms with E-state index >= 15 is 0 Å². The van der Waals surface area contributed by atoms with Crippen LogP contribution >= 0.6 is 11.6 Å². The number of aryl methyl sites for hydroxylation is 2. The summed E-state index contributed by atoms with van der Waals surface area (Å²) < 4.78 is 30.8. The van der Waals surface area contributed by atoms with Crippen molar-refractivity contribution >= 4 is 45.3 Å². The molecule has 1 unspecified atom stereocenters. The van der Waals surface area contributed by atoms with Crippen LogP contribution < -0.4 is 10.6 Å². The van der Waals surface area contributed by atoms with Crippen LogP contribution in [-0.2, 0) is 21.3 Å². The number of rotatable bonds is 11. The molecular formula is C38H41ClN2O5S. The zero-order valence-electron chi connectivity index (χ0n) is 27.3. The molecule has 2 amide bonds. The van der Waals surface area contributed by atoms with Gasteiger partial charge >= 0.3 is 0 Å². The van der Waals surface area contributed by atoms with Gasteiger partial charge in [-0.1, -0.05) is 111 Å². The summed E-state index contributed by atoms with van der Waals surface area (Å²) in [5.74, 6) is -1.83. The first-order valence-corrected chi connectivity index (χ1v) is 17.4. The van der Waals surface area contributed by atoms with Gasteiger partial charge in [0.05, 0.1) is 22.4 Å². The van der Waals surface area contributed by atoms with Crippen LogP contribution in [0.25, 0.3) is 17.2 Å². The van der Waals surface area contributed by atoms with Gasteiger partial charge in [-0.2, -0.15) is 8.42 Å². The molecule has 1 atom stereocenters. The van der Waals surface area contributed by atoms with Crippen LogP contribution in [0.2, 0.25) is 5.02 Å². The van der Waals surface area contributed by atoms with E-state index in [9.17, 15) is 18.0 Å². The third kappa shape index (κ3) is 10.6. The van der Waals surface area contributed by atoms with E-state index in [0.717, 1.165) is 33.4 Å². The van der Waals surface area contributed by atoms with Gasteiger partial charge in [0.2, 0.25) is 5.91 Å². The molecule has 3 N–H and O–H groups in total. The first-order chi connectivity index (χ1) is 22.1. The third-order valence-corrected chi connectivity index (χ3v) is 8.69. The van der Waals surface area contributed by atoms with Gasteiger partial charge in [-0.25, -0.2) is 0 Å². The molecule has 9 heteroatoms. The molecule has 0 aromatic heterocycles. The Kier molecular flexibility index (Phi) is 11.4. The number of hydrogen-bond acceptors (Lipinski definition) is 4. The fourth-order valence-corrected chi connectivity index (χ4v) is 5.70. The number of allylic oxidation sites excluding steroid dienone is 1. The largest absolute Gasteiger partial charge is 0.351 e. The summed E-state index contributed by atoms with van der Waals surface area (Å²) in [7, 11) is -4.18. The van der Waals surface area contributed by atoms with E-state index in [1.165, 1.54) is 5.56 Å². The van der Waals surface area contributed by atoms with Crippen molar-refractivity contribution in [2.45, 2.75) is 47.0 Å². The zero-order valence-corrected chi connectivity index (χ0v) is 28.9. The molecule has 4 aromatic carbocycles. The average molecular weight is 673 g/mol. The Balaban J connectivity index is 1.57. The Morgan fingerprint density at radius 3 is 2.19 bits per heavy atom. The number of hydrogen-bond donors (Lipinski definition) is 3. The van der Waals surface area contributed by atoms with Gasteiger partial charge in [0, 0.05) is 12.1 Å². The van der Waals surface area contributed by atoms with Crippen LogP contribution in [0, 0.1) is 19.3 Å². The second-order valence-electron chi connectivity index (χ2n) is 12.9. The van der Waals surface area contributed by atoms with E-state index < -0.39 is 27.7 Å². The predicted molar refractivity (Wildman–Crippen MR) is 192 cm³/mol. The van der Waals surface area contributed by atoms with E-state index in [4.69, 9.17) is 16.2 Å². The number of anilines is 1. The highest BCUT2D eigenvalue weighted by Gasteiger charge is 2.23. The van der Waals surface area contributed by atoms with Gasteiger partial charge in [-0.05, 0) is 83.3 Å². The highest BCUT2D eigenvalue weighted by atomic mass is 35.5. The lowest BCUT2D eigenvalue weighted by Gasteiger charge is -2.19. The molecule has 0 aliphatic rings. The van der Waals surface area contributed by atoms with E-state index in [1.807, 2.05) is 42.5 Å². The van der Waals surface area contributed by atoms with Crippen LogP contribution in [0.1, 0.15) is 64.9 Å². The van der Waals surface area contributed by atoms with Crippen LogP contribution in [0.5, 0.6) is 0 Å². The molecule has 0 radical (unpaired) electrons. The summed E-state index contributed by atoms with van der Waals surface area (Å²) in [5.41, 5.74) is 7.91. The Labute approximate surface area is 282 Å². The molecule has 47 heavy (non-hydrogen) atoms. The highest BCUT2D eigenvalue weighted by Crippen LogP contribution is 2.32. The zero-order chi connectivity index (χ0) is 34.4. The Morgan fingerprint density at radius 1 is 0.915 bits per heavy atom. The second kappa shape index (κ2) is 15.1. The molecule has 0 saturated heterocycles. The quantitative estimate of drug-likeness (QED) is 0.139. The first kappa shape index (κ1) is 35.6. The summed E-state index contributed by atoms with van der Waals surface area (Å²) in [6, 6.07) is 26.5. The maximum atomic E-state index is 13.9. The lowest BCUT2D eigenvalue weighted by molar-refractivity contribution is -0.117. The minimum atomic E-state index is -4.18. The lowest BCUT2D eigenvalue weighted by Crippen LogP contribution is -2.28. The Morgan fingerprint density at radius 2 is 1.60 bits per heavy atom. The fourth-order valence-electron chi connectivity index (χ4n) is 5.11. The van der Waals surface area contributed by atoms with Crippen LogP contribution in [0.3, 0.4) is 0 Å². The van der Waals surface area contributed by atoms with Gasteiger partial charge in [-0.15, -0.1) is 0 Å². The number of amides is 2. The summed E-state index contributed by atoms with van der Waals surface area (Å²) >= 11 is 6.71. The van der Waals surface area contributed by atoms with Crippen LogP contribution in [0.15, 0.2) is 91.0 Å². The summed E-state index contributed by atoms with van der Waals surface area (Å²) in [6.45, 7) is 10.3. The molecule has 0 spiro atoms. The third-order valence-electron chi connectivity index (χ3n) is 7.65. The molecule has 0 aliphatic heterocycles. The summed E-state index contributed by atoms with van der Waals surface area (Å²) in [4.78, 5) is 26.4. The standard InChI is InChI=1S/C38H41ClN2O5S/c1-25-6-16-32(26(2)22-25)31-15-17-35(34(39)24-31)41-37(43)33(29-11-7-27(8-12-29)18-19-38(3,4)5)23-28-9-13-30(14-10-28)36(42)40-20-21-47(44,45)46/h6-19,22,24,33H,20-21,23H2,1-5H3,(H,40,42)(H,41,43)(H,44,45,46)/b19-18+. The monoisotopic (exact) mass is 672 g/mol. The van der Waals surface area contributed by atoms with Crippen LogP contribution in [0.4, 0.5) is 5.69 Å². The normalized spacial score (nSPS) is 12.6. The minimum Gasteiger partial charge on any atom is -0.351 e. The van der Waals surface area contributed by atoms with E-state index in [0.29, 0.717) is 22.7 Å². The topological polar surface area (TPSA) is 113 Å². The van der Waals surface area contributed by atoms with Crippen molar-refractivity contribution in [1.29, 1.82) is 0 Å². The average Bonchev–Trinajstić information content (AvgIpc) is 2.99. The second-order valence-corrected chi connectivity index (χ2v) is 14.8. The van der Waals surface area contributed by atoms with Crippen molar-refractivity contribution in [1.82, 2.24) is 5.32 Å². The SMILES string of the molecule is Cc1ccc(-c2ccc(NC(=O)C(Cc3ccc(C(=O)NCCS(=O)(=O)O)cc3)c3ccc(/C=C/C(C)(C)C)cc3)c(Cl)c2)c(C)c1. The van der Waals surface area contributed by atoms with Gasteiger partial charge in [-0.3, -0.25) is 14.1 Å². The van der Waals surface area contributed by atoms with E-state index in [1.54, 1.807) is 24.3 Å². The molecule has 0 fully saturated rings. The lowest BCUT2D eigenvalue weighted by atomic mass is 9.89. The maximum Gasteiger partial charge on any atom is 0.266 e. The fraction of sp³-hybridized carbons (Fsp3) is 0.263.